The van der Waals surface area contributed by atoms with E-state index in [2.05, 4.69) is 12.1 Å². The molecular weight excluding hydrogens is 260 g/mol. The highest BCUT2D eigenvalue weighted by molar-refractivity contribution is 5.41. The van der Waals surface area contributed by atoms with Crippen molar-refractivity contribution in [3.63, 3.8) is 0 Å². The predicted molar refractivity (Wildman–Crippen MR) is 84.7 cm³/mol. The number of benzene rings is 2. The number of hydrogen-bond donors (Lipinski definition) is 1. The molecule has 1 aliphatic rings. The van der Waals surface area contributed by atoms with Crippen LogP contribution < -0.4 is 4.74 Å². The van der Waals surface area contributed by atoms with Gasteiger partial charge in [0, 0.05) is 0 Å². The quantitative estimate of drug-likeness (QED) is 0.879. The Morgan fingerprint density at radius 3 is 2.52 bits per heavy atom. The minimum atomic E-state index is -0.586. The van der Waals surface area contributed by atoms with Gasteiger partial charge in [-0.15, -0.1) is 0 Å². The average molecular weight is 282 g/mol. The average Bonchev–Trinajstić information content (AvgIpc) is 3.31. The van der Waals surface area contributed by atoms with Crippen LogP contribution in [0.25, 0.3) is 0 Å². The van der Waals surface area contributed by atoms with Gasteiger partial charge in [-0.25, -0.2) is 0 Å². The summed E-state index contributed by atoms with van der Waals surface area (Å²) in [6.07, 6.45) is 2.02. The molecule has 2 nitrogen and oxygen atoms in total. The lowest BCUT2D eigenvalue weighted by Crippen LogP contribution is -2.07. The molecule has 0 aliphatic heterocycles. The lowest BCUT2D eigenvalue weighted by molar-refractivity contribution is 0.215. The third-order valence-electron chi connectivity index (χ3n) is 3.85. The van der Waals surface area contributed by atoms with E-state index in [1.807, 2.05) is 50.2 Å². The highest BCUT2D eigenvalue weighted by Crippen LogP contribution is 2.43. The van der Waals surface area contributed by atoms with Crippen molar-refractivity contribution in [2.45, 2.75) is 44.8 Å². The smallest absolute Gasteiger partial charge is 0.120 e. The van der Waals surface area contributed by atoms with E-state index in [1.165, 1.54) is 18.4 Å². The van der Waals surface area contributed by atoms with Gasteiger partial charge in [-0.1, -0.05) is 36.4 Å². The molecule has 110 valence electrons. The van der Waals surface area contributed by atoms with Crippen molar-refractivity contribution in [3.05, 3.63) is 65.2 Å². The van der Waals surface area contributed by atoms with Gasteiger partial charge in [-0.05, 0) is 61.4 Å². The minimum absolute atomic E-state index is 0.135. The van der Waals surface area contributed by atoms with Crippen molar-refractivity contribution in [2.24, 2.45) is 0 Å². The second kappa shape index (κ2) is 5.90. The monoisotopic (exact) mass is 282 g/mol. The van der Waals surface area contributed by atoms with Gasteiger partial charge in [0.05, 0.1) is 6.10 Å². The summed E-state index contributed by atoms with van der Waals surface area (Å²) in [5.74, 6) is 1.44. The Kier molecular flexibility index (Phi) is 3.98. The maximum Gasteiger partial charge on any atom is 0.120 e. The van der Waals surface area contributed by atoms with Crippen LogP contribution >= 0.6 is 0 Å². The summed E-state index contributed by atoms with van der Waals surface area (Å²) in [6, 6.07) is 16.0. The molecule has 0 amide bonds. The summed E-state index contributed by atoms with van der Waals surface area (Å²) in [5, 5.41) is 10.8. The topological polar surface area (TPSA) is 29.5 Å². The van der Waals surface area contributed by atoms with E-state index < -0.39 is 6.10 Å². The Labute approximate surface area is 126 Å². The van der Waals surface area contributed by atoms with E-state index >= 15 is 0 Å². The molecule has 21 heavy (non-hydrogen) atoms. The normalized spacial score (nSPS) is 16.0. The van der Waals surface area contributed by atoms with Crippen LogP contribution in [0.2, 0.25) is 0 Å². The maximum atomic E-state index is 10.8. The number of aliphatic hydroxyl groups is 1. The van der Waals surface area contributed by atoms with Crippen molar-refractivity contribution >= 4 is 0 Å². The molecule has 1 saturated carbocycles. The number of hydrogen-bond acceptors (Lipinski definition) is 2. The first kappa shape index (κ1) is 14.2. The van der Waals surface area contributed by atoms with E-state index in [9.17, 15) is 5.11 Å². The molecule has 0 radical (unpaired) electrons. The number of ether oxygens (including phenoxy) is 1. The molecule has 1 unspecified atom stereocenters. The van der Waals surface area contributed by atoms with Crippen LogP contribution in [0.4, 0.5) is 0 Å². The Bertz CT molecular complexity index is 614. The van der Waals surface area contributed by atoms with Crippen LogP contribution in [-0.2, 0) is 0 Å². The molecule has 2 aromatic rings. The predicted octanol–water partition coefficient (Wildman–Crippen LogP) is 4.43. The molecule has 0 bridgehead atoms. The minimum Gasteiger partial charge on any atom is -0.491 e. The van der Waals surface area contributed by atoms with Gasteiger partial charge in [0.15, 0.2) is 0 Å². The van der Waals surface area contributed by atoms with Crippen molar-refractivity contribution in [2.75, 3.05) is 0 Å². The largest absolute Gasteiger partial charge is 0.491 e. The van der Waals surface area contributed by atoms with E-state index in [0.717, 1.165) is 16.9 Å². The standard InChI is InChI=1S/C19H22O2/c1-13(2)21-16-7-5-6-15(12-16)19(20)18-9-4-3-8-17(18)14-10-11-14/h3-9,12-14,19-20H,10-11H2,1-2H3. The molecule has 2 heteroatoms. The SMILES string of the molecule is CC(C)Oc1cccc(C(O)c2ccccc2C2CC2)c1. The lowest BCUT2D eigenvalue weighted by atomic mass is 9.94. The molecule has 1 fully saturated rings. The van der Waals surface area contributed by atoms with Crippen LogP contribution in [0.3, 0.4) is 0 Å². The zero-order valence-corrected chi connectivity index (χ0v) is 12.6. The Morgan fingerprint density at radius 2 is 1.81 bits per heavy atom. The summed E-state index contributed by atoms with van der Waals surface area (Å²) in [7, 11) is 0. The molecule has 3 rings (SSSR count). The van der Waals surface area contributed by atoms with Crippen molar-refractivity contribution < 1.29 is 9.84 Å². The second-order valence-electron chi connectivity index (χ2n) is 6.04. The van der Waals surface area contributed by atoms with Gasteiger partial charge < -0.3 is 9.84 Å². The third kappa shape index (κ3) is 3.27. The van der Waals surface area contributed by atoms with E-state index in [-0.39, 0.29) is 6.10 Å². The number of aliphatic hydroxyl groups excluding tert-OH is 1. The van der Waals surface area contributed by atoms with Crippen LogP contribution in [-0.4, -0.2) is 11.2 Å². The molecule has 1 aliphatic carbocycles. The van der Waals surface area contributed by atoms with Gasteiger partial charge in [0.1, 0.15) is 11.9 Å². The molecule has 0 saturated heterocycles. The first-order valence-electron chi connectivity index (χ1n) is 7.68. The maximum absolute atomic E-state index is 10.8. The van der Waals surface area contributed by atoms with Crippen LogP contribution in [0.15, 0.2) is 48.5 Å². The van der Waals surface area contributed by atoms with E-state index in [1.54, 1.807) is 0 Å². The fraction of sp³-hybridized carbons (Fsp3) is 0.368. The fourth-order valence-corrected chi connectivity index (χ4v) is 2.74. The van der Waals surface area contributed by atoms with Gasteiger partial charge in [-0.2, -0.15) is 0 Å². The highest BCUT2D eigenvalue weighted by Gasteiger charge is 2.28. The molecule has 0 spiro atoms. The molecule has 0 aromatic heterocycles. The van der Waals surface area contributed by atoms with E-state index in [4.69, 9.17) is 4.74 Å². The molecule has 1 atom stereocenters. The molecule has 0 heterocycles. The Hall–Kier alpha value is -1.80. The summed E-state index contributed by atoms with van der Waals surface area (Å²) in [6.45, 7) is 4.01. The van der Waals surface area contributed by atoms with Gasteiger partial charge in [0.25, 0.3) is 0 Å². The number of rotatable bonds is 5. The first-order chi connectivity index (χ1) is 10.1. The molecule has 1 N–H and O–H groups in total. The first-order valence-corrected chi connectivity index (χ1v) is 7.68. The van der Waals surface area contributed by atoms with Gasteiger partial charge >= 0.3 is 0 Å². The van der Waals surface area contributed by atoms with Gasteiger partial charge in [-0.3, -0.25) is 0 Å². The molecule has 2 aromatic carbocycles. The highest BCUT2D eigenvalue weighted by atomic mass is 16.5. The van der Waals surface area contributed by atoms with Gasteiger partial charge in [0.2, 0.25) is 0 Å². The Morgan fingerprint density at radius 1 is 1.05 bits per heavy atom. The summed E-state index contributed by atoms with van der Waals surface area (Å²) >= 11 is 0. The van der Waals surface area contributed by atoms with Crippen LogP contribution in [0, 0.1) is 0 Å². The van der Waals surface area contributed by atoms with Crippen LogP contribution in [0.5, 0.6) is 5.75 Å². The Balaban J connectivity index is 1.89. The third-order valence-corrected chi connectivity index (χ3v) is 3.85. The summed E-state index contributed by atoms with van der Waals surface area (Å²) in [5.41, 5.74) is 3.21. The zero-order chi connectivity index (χ0) is 14.8. The van der Waals surface area contributed by atoms with Crippen molar-refractivity contribution in [3.8, 4) is 5.75 Å². The lowest BCUT2D eigenvalue weighted by Gasteiger charge is -2.17. The zero-order valence-electron chi connectivity index (χ0n) is 12.6. The van der Waals surface area contributed by atoms with Crippen LogP contribution in [0.1, 0.15) is 55.4 Å². The fourth-order valence-electron chi connectivity index (χ4n) is 2.74. The summed E-state index contributed by atoms with van der Waals surface area (Å²) in [4.78, 5) is 0. The second-order valence-corrected chi connectivity index (χ2v) is 6.04. The van der Waals surface area contributed by atoms with Crippen molar-refractivity contribution in [1.29, 1.82) is 0 Å². The summed E-state index contributed by atoms with van der Waals surface area (Å²) < 4.78 is 5.72. The van der Waals surface area contributed by atoms with Crippen molar-refractivity contribution in [1.82, 2.24) is 0 Å². The molecular formula is C19H22O2. The van der Waals surface area contributed by atoms with E-state index in [0.29, 0.717) is 5.92 Å².